The fraction of sp³-hybridized carbons (Fsp3) is 0.424. The summed E-state index contributed by atoms with van der Waals surface area (Å²) >= 11 is 0. The second-order valence-corrected chi connectivity index (χ2v) is 11.3. The molecule has 0 aromatic heterocycles. The Morgan fingerprint density at radius 1 is 0.949 bits per heavy atom. The van der Waals surface area contributed by atoms with Crippen LogP contribution in [-0.4, -0.2) is 27.3 Å². The summed E-state index contributed by atoms with van der Waals surface area (Å²) in [6.07, 6.45) is 2.36. The van der Waals surface area contributed by atoms with Crippen LogP contribution in [0.1, 0.15) is 68.7 Å². The maximum Gasteiger partial charge on any atom is 0.306 e. The van der Waals surface area contributed by atoms with Gasteiger partial charge in [-0.15, -0.1) is 0 Å². The number of hydrogen-bond acceptors (Lipinski definition) is 5. The first-order chi connectivity index (χ1) is 18.6. The van der Waals surface area contributed by atoms with Crippen molar-refractivity contribution in [2.75, 3.05) is 21.3 Å². The van der Waals surface area contributed by atoms with Gasteiger partial charge in [-0.1, -0.05) is 45.0 Å². The highest BCUT2D eigenvalue weighted by molar-refractivity contribution is 5.71. The molecule has 208 valence electrons. The molecule has 1 aliphatic rings. The van der Waals surface area contributed by atoms with Gasteiger partial charge in [0.1, 0.15) is 23.9 Å². The van der Waals surface area contributed by atoms with Crippen LogP contribution in [0.25, 0.3) is 11.1 Å². The maximum atomic E-state index is 15.0. The Hall–Kier alpha value is -3.38. The van der Waals surface area contributed by atoms with Gasteiger partial charge in [0.2, 0.25) is 0 Å². The van der Waals surface area contributed by atoms with Crippen molar-refractivity contribution in [2.45, 2.75) is 58.7 Å². The van der Waals surface area contributed by atoms with Gasteiger partial charge in [-0.05, 0) is 88.7 Å². The Bertz CT molecular complexity index is 1290. The molecule has 0 heterocycles. The van der Waals surface area contributed by atoms with Crippen molar-refractivity contribution in [2.24, 2.45) is 11.3 Å². The van der Waals surface area contributed by atoms with Crippen LogP contribution in [0.3, 0.4) is 0 Å². The summed E-state index contributed by atoms with van der Waals surface area (Å²) in [6, 6.07) is 18.7. The van der Waals surface area contributed by atoms with Gasteiger partial charge in [-0.3, -0.25) is 4.79 Å². The van der Waals surface area contributed by atoms with E-state index >= 15 is 4.39 Å². The van der Waals surface area contributed by atoms with E-state index in [-0.39, 0.29) is 29.2 Å². The molecule has 1 aliphatic carbocycles. The van der Waals surface area contributed by atoms with Gasteiger partial charge < -0.3 is 18.9 Å². The fourth-order valence-corrected chi connectivity index (χ4v) is 5.27. The molecule has 0 spiro atoms. The number of rotatable bonds is 11. The van der Waals surface area contributed by atoms with E-state index in [4.69, 9.17) is 18.9 Å². The molecule has 39 heavy (non-hydrogen) atoms. The lowest BCUT2D eigenvalue weighted by molar-refractivity contribution is -0.141. The number of ether oxygens (including phenoxy) is 4. The smallest absolute Gasteiger partial charge is 0.306 e. The zero-order valence-electron chi connectivity index (χ0n) is 23.8. The van der Waals surface area contributed by atoms with E-state index in [1.54, 1.807) is 26.4 Å². The number of benzene rings is 3. The van der Waals surface area contributed by atoms with Gasteiger partial charge in [-0.25, -0.2) is 4.39 Å². The average Bonchev–Trinajstić information content (AvgIpc) is 3.76. The molecule has 4 rings (SSSR count). The van der Waals surface area contributed by atoms with Crippen LogP contribution in [0.2, 0.25) is 0 Å². The lowest BCUT2D eigenvalue weighted by Gasteiger charge is -2.32. The van der Waals surface area contributed by atoms with Crippen LogP contribution in [0.15, 0.2) is 60.7 Å². The monoisotopic (exact) mass is 534 g/mol. The minimum atomic E-state index is -0.321. The molecule has 6 heteroatoms. The zero-order valence-corrected chi connectivity index (χ0v) is 23.8. The van der Waals surface area contributed by atoms with E-state index in [9.17, 15) is 4.79 Å². The third-order valence-corrected chi connectivity index (χ3v) is 7.38. The Morgan fingerprint density at radius 3 is 2.36 bits per heavy atom. The number of hydrogen-bond donors (Lipinski definition) is 0. The first kappa shape index (κ1) is 28.6. The molecule has 3 aromatic rings. The number of esters is 1. The summed E-state index contributed by atoms with van der Waals surface area (Å²) in [5.41, 5.74) is 3.92. The van der Waals surface area contributed by atoms with Gasteiger partial charge in [0.15, 0.2) is 0 Å². The zero-order chi connectivity index (χ0) is 28.2. The highest BCUT2D eigenvalue weighted by Crippen LogP contribution is 2.45. The van der Waals surface area contributed by atoms with Crippen LogP contribution in [0.5, 0.6) is 11.5 Å². The normalized spacial score (nSPS) is 14.9. The van der Waals surface area contributed by atoms with Crippen molar-refractivity contribution in [3.05, 3.63) is 83.2 Å². The Morgan fingerprint density at radius 2 is 1.72 bits per heavy atom. The minimum Gasteiger partial charge on any atom is -0.497 e. The van der Waals surface area contributed by atoms with Gasteiger partial charge in [-0.2, -0.15) is 0 Å². The Kier molecular flexibility index (Phi) is 8.96. The number of methoxy groups -OCH3 is 3. The third-order valence-electron chi connectivity index (χ3n) is 7.38. The molecular formula is C33H39FO5. The summed E-state index contributed by atoms with van der Waals surface area (Å²) in [5.74, 6) is 1.47. The van der Waals surface area contributed by atoms with E-state index in [1.165, 1.54) is 13.2 Å². The van der Waals surface area contributed by atoms with Crippen molar-refractivity contribution in [1.29, 1.82) is 0 Å². The molecule has 5 nitrogen and oxygen atoms in total. The van der Waals surface area contributed by atoms with Gasteiger partial charge in [0.05, 0.1) is 26.7 Å². The molecule has 3 aromatic carbocycles. The van der Waals surface area contributed by atoms with Crippen molar-refractivity contribution in [3.8, 4) is 22.6 Å². The second kappa shape index (κ2) is 12.2. The molecule has 1 saturated carbocycles. The summed E-state index contributed by atoms with van der Waals surface area (Å²) < 4.78 is 37.5. The predicted molar refractivity (Wildman–Crippen MR) is 150 cm³/mol. The third kappa shape index (κ3) is 6.99. The van der Waals surface area contributed by atoms with Crippen LogP contribution < -0.4 is 9.47 Å². The molecular weight excluding hydrogens is 495 g/mol. The Balaban J connectivity index is 1.63. The van der Waals surface area contributed by atoms with Crippen LogP contribution in [-0.2, 0) is 20.9 Å². The standard InChI is InChI=1S/C33H39FO5/c1-33(2,3)32(38-6)29-16-21(10-14-26(29)28-18-24(36-4)13-15-30(28)34)20-39-25-9-7-8-23(17-25)27(22-11-12-22)19-31(35)37-5/h7-10,13-18,22,27,32H,11-12,19-20H2,1-6H3/t27-,32-/m0/s1. The van der Waals surface area contributed by atoms with Crippen LogP contribution in [0.4, 0.5) is 4.39 Å². The van der Waals surface area contributed by atoms with Crippen molar-refractivity contribution in [3.63, 3.8) is 0 Å². The van der Waals surface area contributed by atoms with E-state index in [2.05, 4.69) is 26.8 Å². The molecule has 0 radical (unpaired) electrons. The first-order valence-corrected chi connectivity index (χ1v) is 13.4. The second-order valence-electron chi connectivity index (χ2n) is 11.3. The number of carbonyl (C=O) groups excluding carboxylic acids is 1. The average molecular weight is 535 g/mol. The van der Waals surface area contributed by atoms with Gasteiger partial charge >= 0.3 is 5.97 Å². The molecule has 0 aliphatic heterocycles. The van der Waals surface area contributed by atoms with Crippen molar-refractivity contribution in [1.82, 2.24) is 0 Å². The van der Waals surface area contributed by atoms with E-state index in [0.717, 1.165) is 40.8 Å². The van der Waals surface area contributed by atoms with Crippen LogP contribution in [0, 0.1) is 17.2 Å². The van der Waals surface area contributed by atoms with E-state index < -0.39 is 0 Å². The largest absolute Gasteiger partial charge is 0.497 e. The van der Waals surface area contributed by atoms with Crippen molar-refractivity contribution >= 4 is 5.97 Å². The maximum absolute atomic E-state index is 15.0. The van der Waals surface area contributed by atoms with E-state index in [1.807, 2.05) is 36.4 Å². The van der Waals surface area contributed by atoms with Gasteiger partial charge in [0.25, 0.3) is 0 Å². The number of halogens is 1. The molecule has 0 amide bonds. The Labute approximate surface area is 231 Å². The molecule has 2 atom stereocenters. The SMILES string of the molecule is COC(=O)C[C@H](c1cccc(OCc2ccc(-c3cc(OC)ccc3F)c([C@H](OC)C(C)(C)C)c2)c1)C1CC1. The molecule has 0 saturated heterocycles. The summed E-state index contributed by atoms with van der Waals surface area (Å²) in [4.78, 5) is 12.0. The molecule has 1 fully saturated rings. The molecule has 0 bridgehead atoms. The molecule has 0 N–H and O–H groups in total. The predicted octanol–water partition coefficient (Wildman–Crippen LogP) is 7.87. The highest BCUT2D eigenvalue weighted by atomic mass is 19.1. The molecule has 0 unspecified atom stereocenters. The first-order valence-electron chi connectivity index (χ1n) is 13.4. The fourth-order valence-electron chi connectivity index (χ4n) is 5.27. The summed E-state index contributed by atoms with van der Waals surface area (Å²) in [6.45, 7) is 6.65. The van der Waals surface area contributed by atoms with Gasteiger partial charge in [0, 0.05) is 12.7 Å². The summed E-state index contributed by atoms with van der Waals surface area (Å²) in [5, 5.41) is 0. The quantitative estimate of drug-likeness (QED) is 0.234. The lowest BCUT2D eigenvalue weighted by atomic mass is 9.81. The lowest BCUT2D eigenvalue weighted by Crippen LogP contribution is -2.21. The number of carbonyl (C=O) groups is 1. The van der Waals surface area contributed by atoms with E-state index in [0.29, 0.717) is 30.3 Å². The highest BCUT2D eigenvalue weighted by Gasteiger charge is 2.34. The summed E-state index contributed by atoms with van der Waals surface area (Å²) in [7, 11) is 4.69. The topological polar surface area (TPSA) is 54.0 Å². The van der Waals surface area contributed by atoms with Crippen molar-refractivity contribution < 1.29 is 28.1 Å². The minimum absolute atomic E-state index is 0.138. The van der Waals surface area contributed by atoms with Crippen LogP contribution >= 0.6 is 0 Å².